The summed E-state index contributed by atoms with van der Waals surface area (Å²) in [5, 5.41) is 5.15. The fourth-order valence-corrected chi connectivity index (χ4v) is 3.55. The Hall–Kier alpha value is -0.940. The summed E-state index contributed by atoms with van der Waals surface area (Å²) in [6, 6.07) is 7.82. The predicted octanol–water partition coefficient (Wildman–Crippen LogP) is 4.04. The third-order valence-corrected chi connectivity index (χ3v) is 5.12. The van der Waals surface area contributed by atoms with Crippen LogP contribution >= 0.6 is 22.9 Å². The van der Waals surface area contributed by atoms with Crippen LogP contribution in [0.5, 0.6) is 0 Å². The molecule has 1 aliphatic rings. The average molecular weight is 323 g/mol. The molecule has 0 radical (unpaired) electrons. The summed E-state index contributed by atoms with van der Waals surface area (Å²) < 4.78 is 6.00. The van der Waals surface area contributed by atoms with Gasteiger partial charge in [-0.2, -0.15) is 0 Å². The summed E-state index contributed by atoms with van der Waals surface area (Å²) >= 11 is 7.64. The number of benzene rings is 1. The van der Waals surface area contributed by atoms with E-state index in [-0.39, 0.29) is 0 Å². The molecule has 0 amide bonds. The number of nitrogens with one attached hydrogen (secondary N) is 1. The van der Waals surface area contributed by atoms with Crippen LogP contribution in [0, 0.1) is 6.92 Å². The van der Waals surface area contributed by atoms with E-state index in [1.54, 1.807) is 11.3 Å². The molecule has 0 aliphatic carbocycles. The van der Waals surface area contributed by atoms with Gasteiger partial charge in [-0.1, -0.05) is 23.7 Å². The zero-order valence-electron chi connectivity index (χ0n) is 12.1. The lowest BCUT2D eigenvalue weighted by atomic mass is 10.1. The SMILES string of the molecule is Cc1nc(-c2ccc(Cl)cc2)sc1CO[C@@H]1CCCNC1. The monoisotopic (exact) mass is 322 g/mol. The number of nitrogens with zero attached hydrogens (tertiary/aromatic N) is 1. The summed E-state index contributed by atoms with van der Waals surface area (Å²) in [5.74, 6) is 0. The Morgan fingerprint density at radius 3 is 2.90 bits per heavy atom. The van der Waals surface area contributed by atoms with Gasteiger partial charge in [0.1, 0.15) is 5.01 Å². The molecule has 3 nitrogen and oxygen atoms in total. The summed E-state index contributed by atoms with van der Waals surface area (Å²) in [6.07, 6.45) is 2.68. The lowest BCUT2D eigenvalue weighted by Gasteiger charge is -2.22. The molecule has 112 valence electrons. The molecule has 1 N–H and O–H groups in total. The number of ether oxygens (including phenoxy) is 1. The van der Waals surface area contributed by atoms with Crippen molar-refractivity contribution in [1.82, 2.24) is 10.3 Å². The van der Waals surface area contributed by atoms with Crippen molar-refractivity contribution in [3.8, 4) is 10.6 Å². The Kier molecular flexibility index (Phi) is 4.91. The van der Waals surface area contributed by atoms with Crippen molar-refractivity contribution in [1.29, 1.82) is 0 Å². The van der Waals surface area contributed by atoms with Gasteiger partial charge >= 0.3 is 0 Å². The molecule has 0 spiro atoms. The highest BCUT2D eigenvalue weighted by atomic mass is 35.5. The average Bonchev–Trinajstić information content (AvgIpc) is 2.88. The summed E-state index contributed by atoms with van der Waals surface area (Å²) in [4.78, 5) is 5.87. The van der Waals surface area contributed by atoms with Gasteiger partial charge in [0.25, 0.3) is 0 Å². The predicted molar refractivity (Wildman–Crippen MR) is 88.0 cm³/mol. The van der Waals surface area contributed by atoms with Crippen LogP contribution in [-0.2, 0) is 11.3 Å². The maximum absolute atomic E-state index is 6.00. The lowest BCUT2D eigenvalue weighted by molar-refractivity contribution is 0.0264. The summed E-state index contributed by atoms with van der Waals surface area (Å²) in [5.41, 5.74) is 2.17. The van der Waals surface area contributed by atoms with Gasteiger partial charge in [-0.05, 0) is 38.4 Å². The van der Waals surface area contributed by atoms with Crippen LogP contribution in [0.4, 0.5) is 0 Å². The van der Waals surface area contributed by atoms with Gasteiger partial charge in [0.15, 0.2) is 0 Å². The number of rotatable bonds is 4. The van der Waals surface area contributed by atoms with Gasteiger partial charge in [0.2, 0.25) is 0 Å². The van der Waals surface area contributed by atoms with Crippen molar-refractivity contribution >= 4 is 22.9 Å². The zero-order valence-corrected chi connectivity index (χ0v) is 13.6. The highest BCUT2D eigenvalue weighted by Gasteiger charge is 2.15. The fourth-order valence-electron chi connectivity index (χ4n) is 2.43. The normalized spacial score (nSPS) is 18.9. The van der Waals surface area contributed by atoms with Gasteiger partial charge in [-0.3, -0.25) is 0 Å². The molecular formula is C16H19ClN2OS. The van der Waals surface area contributed by atoms with Gasteiger partial charge in [0, 0.05) is 17.1 Å². The van der Waals surface area contributed by atoms with Crippen LogP contribution in [0.3, 0.4) is 0 Å². The molecule has 1 aromatic heterocycles. The first kappa shape index (κ1) is 15.0. The van der Waals surface area contributed by atoms with Gasteiger partial charge < -0.3 is 10.1 Å². The van der Waals surface area contributed by atoms with Crippen LogP contribution in [0.25, 0.3) is 10.6 Å². The molecule has 21 heavy (non-hydrogen) atoms. The second-order valence-electron chi connectivity index (χ2n) is 5.31. The molecule has 1 atom stereocenters. The van der Waals surface area contributed by atoms with Crippen LogP contribution in [0.15, 0.2) is 24.3 Å². The Balaban J connectivity index is 1.67. The number of thiazole rings is 1. The fraction of sp³-hybridized carbons (Fsp3) is 0.438. The minimum absolute atomic E-state index is 0.333. The molecule has 0 saturated carbocycles. The Bertz CT molecular complexity index is 591. The second-order valence-corrected chi connectivity index (χ2v) is 6.83. The van der Waals surface area contributed by atoms with E-state index in [0.717, 1.165) is 40.8 Å². The van der Waals surface area contributed by atoms with Crippen molar-refractivity contribution in [2.45, 2.75) is 32.5 Å². The van der Waals surface area contributed by atoms with Gasteiger partial charge in [-0.15, -0.1) is 11.3 Å². The third-order valence-electron chi connectivity index (χ3n) is 3.69. The largest absolute Gasteiger partial charge is 0.371 e. The molecule has 1 aliphatic heterocycles. The van der Waals surface area contributed by atoms with Crippen LogP contribution in [0.2, 0.25) is 5.02 Å². The Labute approximate surface area is 134 Å². The molecule has 0 unspecified atom stereocenters. The van der Waals surface area contributed by atoms with Crippen molar-refractivity contribution in [3.05, 3.63) is 39.9 Å². The second kappa shape index (κ2) is 6.88. The standard InChI is InChI=1S/C16H19ClN2OS/c1-11-15(10-20-14-3-2-8-18-9-14)21-16(19-11)12-4-6-13(17)7-5-12/h4-7,14,18H,2-3,8-10H2,1H3/t14-/m1/s1. The quantitative estimate of drug-likeness (QED) is 0.922. The molecule has 0 bridgehead atoms. The molecule has 1 fully saturated rings. The van der Waals surface area contributed by atoms with Crippen molar-refractivity contribution in [2.24, 2.45) is 0 Å². The maximum atomic E-state index is 6.00. The minimum atomic E-state index is 0.333. The summed E-state index contributed by atoms with van der Waals surface area (Å²) in [7, 11) is 0. The number of aryl methyl sites for hydroxylation is 1. The van der Waals surface area contributed by atoms with E-state index < -0.39 is 0 Å². The van der Waals surface area contributed by atoms with Crippen LogP contribution in [-0.4, -0.2) is 24.2 Å². The van der Waals surface area contributed by atoms with Crippen LogP contribution in [0.1, 0.15) is 23.4 Å². The zero-order chi connectivity index (χ0) is 14.7. The highest BCUT2D eigenvalue weighted by molar-refractivity contribution is 7.15. The topological polar surface area (TPSA) is 34.1 Å². The van der Waals surface area contributed by atoms with Crippen molar-refractivity contribution in [2.75, 3.05) is 13.1 Å². The maximum Gasteiger partial charge on any atom is 0.123 e. The Morgan fingerprint density at radius 2 is 2.19 bits per heavy atom. The van der Waals surface area contributed by atoms with Crippen molar-refractivity contribution in [3.63, 3.8) is 0 Å². The highest BCUT2D eigenvalue weighted by Crippen LogP contribution is 2.29. The first-order valence-corrected chi connectivity index (χ1v) is 8.46. The molecule has 2 heterocycles. The summed E-state index contributed by atoms with van der Waals surface area (Å²) in [6.45, 7) is 4.78. The van der Waals surface area contributed by atoms with Gasteiger partial charge in [0.05, 0.1) is 23.3 Å². The first-order valence-electron chi connectivity index (χ1n) is 7.27. The number of hydrogen-bond acceptors (Lipinski definition) is 4. The van der Waals surface area contributed by atoms with E-state index in [9.17, 15) is 0 Å². The van der Waals surface area contributed by atoms with E-state index in [4.69, 9.17) is 16.3 Å². The first-order chi connectivity index (χ1) is 10.2. The van der Waals surface area contributed by atoms with Crippen LogP contribution < -0.4 is 5.32 Å². The van der Waals surface area contributed by atoms with Crippen molar-refractivity contribution < 1.29 is 4.74 Å². The number of halogens is 1. The molecule has 2 aromatic rings. The molecular weight excluding hydrogens is 304 g/mol. The smallest absolute Gasteiger partial charge is 0.123 e. The third kappa shape index (κ3) is 3.83. The number of piperidine rings is 1. The number of aromatic nitrogens is 1. The molecule has 3 rings (SSSR count). The van der Waals surface area contributed by atoms with E-state index in [1.807, 2.05) is 31.2 Å². The molecule has 1 aromatic carbocycles. The number of hydrogen-bond donors (Lipinski definition) is 1. The van der Waals surface area contributed by atoms with E-state index in [2.05, 4.69) is 10.3 Å². The lowest BCUT2D eigenvalue weighted by Crippen LogP contribution is -2.35. The van der Waals surface area contributed by atoms with E-state index >= 15 is 0 Å². The van der Waals surface area contributed by atoms with E-state index in [0.29, 0.717) is 12.7 Å². The molecule has 5 heteroatoms. The van der Waals surface area contributed by atoms with E-state index in [1.165, 1.54) is 11.3 Å². The van der Waals surface area contributed by atoms with Gasteiger partial charge in [-0.25, -0.2) is 4.98 Å². The minimum Gasteiger partial charge on any atom is -0.371 e. The Morgan fingerprint density at radius 1 is 1.38 bits per heavy atom. The molecule has 1 saturated heterocycles.